The number of ether oxygens (including phenoxy) is 1. The van der Waals surface area contributed by atoms with Crippen LogP contribution in [0.2, 0.25) is 0 Å². The Bertz CT molecular complexity index is 1180. The summed E-state index contributed by atoms with van der Waals surface area (Å²) in [4.78, 5) is 17.6. The molecule has 1 aromatic carbocycles. The molecule has 0 saturated carbocycles. The van der Waals surface area contributed by atoms with Gasteiger partial charge in [0.1, 0.15) is 0 Å². The van der Waals surface area contributed by atoms with Gasteiger partial charge in [-0.3, -0.25) is 15.4 Å². The van der Waals surface area contributed by atoms with Gasteiger partial charge in [0.05, 0.1) is 25.4 Å². The fourth-order valence-corrected chi connectivity index (χ4v) is 3.16. The molecule has 0 amide bonds. The fourth-order valence-electron chi connectivity index (χ4n) is 3.16. The highest BCUT2D eigenvalue weighted by molar-refractivity contribution is 5.79. The third-order valence-corrected chi connectivity index (χ3v) is 4.54. The van der Waals surface area contributed by atoms with Crippen molar-refractivity contribution in [1.29, 1.82) is 0 Å². The molecule has 0 aliphatic carbocycles. The Morgan fingerprint density at radius 2 is 2.03 bits per heavy atom. The lowest BCUT2D eigenvalue weighted by Gasteiger charge is -2.17. The highest BCUT2D eigenvalue weighted by Crippen LogP contribution is 2.28. The van der Waals surface area contributed by atoms with E-state index < -0.39 is 0 Å². The maximum atomic E-state index is 5.16. The number of benzene rings is 1. The SMILES string of the molecule is COc1cc(Nc2cnc3c(n2)N(Cc2ccc4ncccc4c2)NN3)ccn1. The molecule has 29 heavy (non-hydrogen) atoms. The van der Waals surface area contributed by atoms with E-state index in [4.69, 9.17) is 9.72 Å². The van der Waals surface area contributed by atoms with E-state index in [1.54, 1.807) is 31.8 Å². The number of pyridine rings is 2. The number of hydrazine groups is 2. The lowest BCUT2D eigenvalue weighted by molar-refractivity contribution is 0.398. The lowest BCUT2D eigenvalue weighted by atomic mass is 10.1. The Labute approximate surface area is 166 Å². The van der Waals surface area contributed by atoms with E-state index in [0.717, 1.165) is 22.2 Å². The molecule has 0 atom stereocenters. The third kappa shape index (κ3) is 3.46. The van der Waals surface area contributed by atoms with E-state index >= 15 is 0 Å². The maximum Gasteiger partial charge on any atom is 0.214 e. The van der Waals surface area contributed by atoms with Crippen molar-refractivity contribution >= 4 is 34.0 Å². The number of anilines is 4. The second kappa shape index (κ2) is 7.21. The number of nitrogens with zero attached hydrogens (tertiary/aromatic N) is 5. The molecule has 0 radical (unpaired) electrons. The average Bonchev–Trinajstić information content (AvgIpc) is 3.16. The van der Waals surface area contributed by atoms with Crippen LogP contribution < -0.4 is 26.0 Å². The van der Waals surface area contributed by atoms with Crippen LogP contribution in [0.25, 0.3) is 10.9 Å². The Morgan fingerprint density at radius 1 is 1.07 bits per heavy atom. The molecule has 0 saturated heterocycles. The molecular weight excluding hydrogens is 368 g/mol. The normalized spacial score (nSPS) is 12.5. The third-order valence-electron chi connectivity index (χ3n) is 4.54. The molecule has 0 spiro atoms. The first kappa shape index (κ1) is 17.1. The number of methoxy groups -OCH3 is 1. The molecule has 0 unspecified atom stereocenters. The van der Waals surface area contributed by atoms with E-state index in [9.17, 15) is 0 Å². The van der Waals surface area contributed by atoms with Crippen LogP contribution in [-0.2, 0) is 6.54 Å². The first-order valence-electron chi connectivity index (χ1n) is 9.05. The minimum absolute atomic E-state index is 0.528. The quantitative estimate of drug-likeness (QED) is 0.478. The molecule has 4 aromatic rings. The molecule has 3 N–H and O–H groups in total. The lowest BCUT2D eigenvalue weighted by Crippen LogP contribution is -2.35. The highest BCUT2D eigenvalue weighted by Gasteiger charge is 2.22. The van der Waals surface area contributed by atoms with Crippen molar-refractivity contribution in [3.63, 3.8) is 0 Å². The number of rotatable bonds is 5. The zero-order valence-electron chi connectivity index (χ0n) is 15.6. The van der Waals surface area contributed by atoms with Gasteiger partial charge in [0.2, 0.25) is 5.88 Å². The number of aromatic nitrogens is 4. The topological polar surface area (TPSA) is 100 Å². The largest absolute Gasteiger partial charge is 0.481 e. The van der Waals surface area contributed by atoms with E-state index in [1.165, 1.54) is 0 Å². The van der Waals surface area contributed by atoms with Crippen LogP contribution in [0.3, 0.4) is 0 Å². The van der Waals surface area contributed by atoms with Crippen LogP contribution in [0.1, 0.15) is 5.56 Å². The first-order valence-corrected chi connectivity index (χ1v) is 9.05. The monoisotopic (exact) mass is 386 g/mol. The molecule has 1 aliphatic rings. The van der Waals surface area contributed by atoms with Gasteiger partial charge in [-0.25, -0.2) is 15.0 Å². The van der Waals surface area contributed by atoms with Crippen molar-refractivity contribution in [2.24, 2.45) is 0 Å². The minimum Gasteiger partial charge on any atom is -0.481 e. The van der Waals surface area contributed by atoms with Crippen molar-refractivity contribution in [2.45, 2.75) is 6.54 Å². The van der Waals surface area contributed by atoms with Gasteiger partial charge < -0.3 is 10.1 Å². The van der Waals surface area contributed by atoms with Gasteiger partial charge >= 0.3 is 0 Å². The Morgan fingerprint density at radius 3 is 2.97 bits per heavy atom. The Hall–Kier alpha value is -3.98. The fraction of sp³-hybridized carbons (Fsp3) is 0.100. The van der Waals surface area contributed by atoms with E-state index in [-0.39, 0.29) is 0 Å². The predicted molar refractivity (Wildman–Crippen MR) is 111 cm³/mol. The van der Waals surface area contributed by atoms with Crippen LogP contribution in [0.5, 0.6) is 5.88 Å². The molecule has 5 rings (SSSR count). The number of nitrogens with one attached hydrogen (secondary N) is 3. The standard InChI is InChI=1S/C20H18N8O/c1-29-18-10-15(6-8-22-18)24-17-11-23-19-20(25-17)28(27-26-19)12-13-4-5-16-14(9-13)3-2-7-21-16/h2-11,27H,12H2,1H3,(H,23,26)(H,22,24,25). The molecule has 0 fully saturated rings. The number of hydrogen-bond donors (Lipinski definition) is 3. The van der Waals surface area contributed by atoms with E-state index in [1.807, 2.05) is 23.2 Å². The summed E-state index contributed by atoms with van der Waals surface area (Å²) in [6.45, 7) is 0.617. The summed E-state index contributed by atoms with van der Waals surface area (Å²) in [5.74, 6) is 2.53. The Balaban J connectivity index is 1.38. The first-order chi connectivity index (χ1) is 14.3. The summed E-state index contributed by atoms with van der Waals surface area (Å²) in [6.07, 6.45) is 5.14. The van der Waals surface area contributed by atoms with Crippen LogP contribution in [-0.4, -0.2) is 27.0 Å². The Kier molecular flexibility index (Phi) is 4.26. The van der Waals surface area contributed by atoms with Crippen LogP contribution in [0.15, 0.2) is 61.1 Å². The summed E-state index contributed by atoms with van der Waals surface area (Å²) < 4.78 is 5.16. The van der Waals surface area contributed by atoms with Gasteiger partial charge in [0.15, 0.2) is 17.5 Å². The zero-order chi connectivity index (χ0) is 19.6. The minimum atomic E-state index is 0.528. The molecule has 1 aliphatic heterocycles. The maximum absolute atomic E-state index is 5.16. The summed E-state index contributed by atoms with van der Waals surface area (Å²) >= 11 is 0. The highest BCUT2D eigenvalue weighted by atomic mass is 16.5. The molecule has 9 nitrogen and oxygen atoms in total. The zero-order valence-corrected chi connectivity index (χ0v) is 15.6. The summed E-state index contributed by atoms with van der Waals surface area (Å²) in [7, 11) is 1.58. The van der Waals surface area contributed by atoms with Gasteiger partial charge in [-0.1, -0.05) is 12.1 Å². The predicted octanol–water partition coefficient (Wildman–Crippen LogP) is 3.02. The van der Waals surface area contributed by atoms with Crippen LogP contribution >= 0.6 is 0 Å². The van der Waals surface area contributed by atoms with E-state index in [2.05, 4.69) is 49.4 Å². The van der Waals surface area contributed by atoms with Gasteiger partial charge in [0.25, 0.3) is 0 Å². The molecule has 4 heterocycles. The summed E-state index contributed by atoms with van der Waals surface area (Å²) in [5, 5.41) is 6.25. The van der Waals surface area contributed by atoms with Crippen molar-refractivity contribution in [1.82, 2.24) is 25.5 Å². The van der Waals surface area contributed by atoms with Crippen molar-refractivity contribution in [2.75, 3.05) is 22.9 Å². The second-order valence-electron chi connectivity index (χ2n) is 6.49. The van der Waals surface area contributed by atoms with Crippen molar-refractivity contribution < 1.29 is 4.74 Å². The molecule has 9 heteroatoms. The average molecular weight is 386 g/mol. The van der Waals surface area contributed by atoms with Crippen molar-refractivity contribution in [3.05, 3.63) is 66.6 Å². The summed E-state index contributed by atoms with van der Waals surface area (Å²) in [5.41, 5.74) is 9.09. The van der Waals surface area contributed by atoms with Crippen LogP contribution in [0.4, 0.5) is 23.1 Å². The van der Waals surface area contributed by atoms with Gasteiger partial charge in [-0.2, -0.15) is 0 Å². The summed E-state index contributed by atoms with van der Waals surface area (Å²) in [6, 6.07) is 13.8. The molecule has 3 aromatic heterocycles. The molecule has 0 bridgehead atoms. The molecule has 144 valence electrons. The smallest absolute Gasteiger partial charge is 0.214 e. The van der Waals surface area contributed by atoms with Gasteiger partial charge in [-0.15, -0.1) is 5.53 Å². The van der Waals surface area contributed by atoms with Crippen molar-refractivity contribution in [3.8, 4) is 5.88 Å². The van der Waals surface area contributed by atoms with E-state index in [0.29, 0.717) is 29.9 Å². The molecular formula is C20H18N8O. The van der Waals surface area contributed by atoms with Crippen LogP contribution in [0, 0.1) is 0 Å². The van der Waals surface area contributed by atoms with Gasteiger partial charge in [0, 0.05) is 29.5 Å². The number of hydrogen-bond acceptors (Lipinski definition) is 9. The van der Waals surface area contributed by atoms with Gasteiger partial charge in [-0.05, 0) is 29.8 Å². The second-order valence-corrected chi connectivity index (χ2v) is 6.49. The number of fused-ring (bicyclic) bond motifs is 2.